The second-order valence-corrected chi connectivity index (χ2v) is 5.69. The summed E-state index contributed by atoms with van der Waals surface area (Å²) in [6.45, 7) is 6.79. The fourth-order valence-corrected chi connectivity index (χ4v) is 1.91. The van der Waals surface area contributed by atoms with Crippen molar-refractivity contribution in [2.75, 3.05) is 13.6 Å². The highest BCUT2D eigenvalue weighted by molar-refractivity contribution is 5.77. The molecule has 1 rings (SSSR count). The molecule has 0 fully saturated rings. The van der Waals surface area contributed by atoms with Crippen molar-refractivity contribution in [3.63, 3.8) is 0 Å². The molecule has 0 aliphatic rings. The molecule has 25 heavy (non-hydrogen) atoms. The number of halogens is 3. The number of nitrogens with two attached hydrogens (primary N) is 1. The number of aliphatic imine (C=N–C) groups is 1. The van der Waals surface area contributed by atoms with Crippen molar-refractivity contribution in [3.05, 3.63) is 29.3 Å². The van der Waals surface area contributed by atoms with Crippen LogP contribution < -0.4 is 15.8 Å². The Hall–Kier alpha value is -1.92. The maximum atomic E-state index is 12.2. The molecular formula is C18H30F3N3O. The highest BCUT2D eigenvalue weighted by Gasteiger charge is 2.31. The topological polar surface area (TPSA) is 59.6 Å². The van der Waals surface area contributed by atoms with Gasteiger partial charge in [-0.2, -0.15) is 0 Å². The minimum absolute atomic E-state index is 0.169. The molecule has 4 nitrogen and oxygen atoms in total. The fourth-order valence-electron chi connectivity index (χ4n) is 1.91. The quantitative estimate of drug-likeness (QED) is 0.425. The summed E-state index contributed by atoms with van der Waals surface area (Å²) in [5.74, 6) is 0.212. The Morgan fingerprint density at radius 3 is 2.32 bits per heavy atom. The lowest BCUT2D eigenvalue weighted by molar-refractivity contribution is -0.274. The summed E-state index contributed by atoms with van der Waals surface area (Å²) < 4.78 is 40.6. The van der Waals surface area contributed by atoms with E-state index in [1.165, 1.54) is 25.0 Å². The molecule has 0 amide bonds. The van der Waals surface area contributed by atoms with Gasteiger partial charge in [0.2, 0.25) is 0 Å². The summed E-state index contributed by atoms with van der Waals surface area (Å²) in [5, 5.41) is 2.93. The van der Waals surface area contributed by atoms with Gasteiger partial charge in [0.05, 0.1) is 0 Å². The Balaban J connectivity index is 0.00000129. The first-order chi connectivity index (χ1) is 11.7. The van der Waals surface area contributed by atoms with Gasteiger partial charge >= 0.3 is 6.36 Å². The summed E-state index contributed by atoms with van der Waals surface area (Å²) in [5.41, 5.74) is 7.05. The first-order valence-corrected chi connectivity index (χ1v) is 8.54. The molecule has 144 valence electrons. The van der Waals surface area contributed by atoms with Crippen LogP contribution in [0.1, 0.15) is 50.7 Å². The Kier molecular flexibility index (Phi) is 11.5. The first-order valence-electron chi connectivity index (χ1n) is 8.54. The lowest BCUT2D eigenvalue weighted by Gasteiger charge is -2.11. The van der Waals surface area contributed by atoms with Gasteiger partial charge in [-0.1, -0.05) is 32.8 Å². The Bertz CT molecular complexity index is 515. The monoisotopic (exact) mass is 361 g/mol. The van der Waals surface area contributed by atoms with Crippen LogP contribution in [0.15, 0.2) is 23.2 Å². The average Bonchev–Trinajstić information content (AvgIpc) is 2.52. The van der Waals surface area contributed by atoms with E-state index in [4.69, 9.17) is 5.73 Å². The molecule has 0 radical (unpaired) electrons. The van der Waals surface area contributed by atoms with Crippen molar-refractivity contribution < 1.29 is 17.9 Å². The van der Waals surface area contributed by atoms with Crippen LogP contribution in [0.4, 0.5) is 13.2 Å². The number of guanidine groups is 1. The summed E-state index contributed by atoms with van der Waals surface area (Å²) in [6.07, 6.45) is 0.339. The highest BCUT2D eigenvalue weighted by atomic mass is 19.4. The van der Waals surface area contributed by atoms with Crippen molar-refractivity contribution >= 4 is 5.96 Å². The minimum Gasteiger partial charge on any atom is -0.406 e. The number of nitrogens with zero attached hydrogens (tertiary/aromatic N) is 1. The average molecular weight is 361 g/mol. The number of aryl methyl sites for hydroxylation is 2. The van der Waals surface area contributed by atoms with E-state index in [2.05, 4.69) is 28.9 Å². The zero-order valence-corrected chi connectivity index (χ0v) is 15.5. The fraction of sp³-hybridized carbons (Fsp3) is 0.611. The lowest BCUT2D eigenvalue weighted by Crippen LogP contribution is -2.32. The van der Waals surface area contributed by atoms with Crippen molar-refractivity contribution in [2.24, 2.45) is 10.7 Å². The third-order valence-electron chi connectivity index (χ3n) is 3.28. The summed E-state index contributed by atoms with van der Waals surface area (Å²) in [4.78, 5) is 3.76. The lowest BCUT2D eigenvalue weighted by atomic mass is 10.1. The number of hydrogen-bond donors (Lipinski definition) is 2. The molecule has 0 atom stereocenters. The molecule has 7 heteroatoms. The maximum Gasteiger partial charge on any atom is 0.573 e. The van der Waals surface area contributed by atoms with E-state index in [0.29, 0.717) is 18.9 Å². The Labute approximate surface area is 148 Å². The van der Waals surface area contributed by atoms with E-state index in [-0.39, 0.29) is 5.75 Å². The molecule has 0 heterocycles. The van der Waals surface area contributed by atoms with Gasteiger partial charge in [0.15, 0.2) is 5.96 Å². The molecule has 0 aromatic heterocycles. The molecule has 1 aromatic rings. The van der Waals surface area contributed by atoms with Crippen molar-refractivity contribution in [2.45, 2.75) is 59.2 Å². The van der Waals surface area contributed by atoms with Crippen molar-refractivity contribution in [3.8, 4) is 5.75 Å². The van der Waals surface area contributed by atoms with E-state index >= 15 is 0 Å². The van der Waals surface area contributed by atoms with E-state index in [1.807, 2.05) is 6.07 Å². The SMILES string of the molecule is CCCC.CN=C(N)NCCCCc1cc(C)cc(OC(F)(F)F)c1. The van der Waals surface area contributed by atoms with Gasteiger partial charge in [-0.05, 0) is 49.4 Å². The Morgan fingerprint density at radius 2 is 1.80 bits per heavy atom. The largest absolute Gasteiger partial charge is 0.573 e. The first kappa shape index (κ1) is 23.1. The smallest absolute Gasteiger partial charge is 0.406 e. The normalized spacial score (nSPS) is 11.6. The molecular weight excluding hydrogens is 331 g/mol. The van der Waals surface area contributed by atoms with Crippen LogP contribution in [0.3, 0.4) is 0 Å². The van der Waals surface area contributed by atoms with Crippen molar-refractivity contribution in [1.82, 2.24) is 5.32 Å². The zero-order valence-electron chi connectivity index (χ0n) is 15.5. The van der Waals surface area contributed by atoms with E-state index < -0.39 is 6.36 Å². The van der Waals surface area contributed by atoms with Gasteiger partial charge < -0.3 is 15.8 Å². The number of unbranched alkanes of at least 4 members (excludes halogenated alkanes) is 2. The number of nitrogens with one attached hydrogen (secondary N) is 1. The van der Waals surface area contributed by atoms with Gasteiger partial charge in [-0.25, -0.2) is 0 Å². The second-order valence-electron chi connectivity index (χ2n) is 5.69. The number of rotatable bonds is 7. The van der Waals surface area contributed by atoms with E-state index in [0.717, 1.165) is 24.0 Å². The summed E-state index contributed by atoms with van der Waals surface area (Å²) in [7, 11) is 1.59. The number of ether oxygens (including phenoxy) is 1. The summed E-state index contributed by atoms with van der Waals surface area (Å²) in [6, 6.07) is 4.66. The Morgan fingerprint density at radius 1 is 1.16 bits per heavy atom. The minimum atomic E-state index is -4.66. The zero-order chi connectivity index (χ0) is 19.3. The third kappa shape index (κ3) is 13.1. The molecule has 1 aromatic carbocycles. The predicted molar refractivity (Wildman–Crippen MR) is 96.9 cm³/mol. The molecule has 0 aliphatic carbocycles. The standard InChI is InChI=1S/C14H20F3N3O.C4H10/c1-10-7-11(5-3-4-6-20-13(18)19-2)9-12(8-10)21-14(15,16)17;1-3-4-2/h7-9H,3-6H2,1-2H3,(H3,18,19,20);3-4H2,1-2H3. The molecule has 0 saturated heterocycles. The van der Waals surface area contributed by atoms with Gasteiger partial charge in [0, 0.05) is 13.6 Å². The van der Waals surface area contributed by atoms with Gasteiger partial charge in [-0.15, -0.1) is 13.2 Å². The van der Waals surface area contributed by atoms with Crippen LogP contribution >= 0.6 is 0 Å². The van der Waals surface area contributed by atoms with E-state index in [9.17, 15) is 13.2 Å². The van der Waals surface area contributed by atoms with Crippen LogP contribution in [-0.4, -0.2) is 25.9 Å². The van der Waals surface area contributed by atoms with Crippen LogP contribution in [-0.2, 0) is 6.42 Å². The maximum absolute atomic E-state index is 12.2. The summed E-state index contributed by atoms with van der Waals surface area (Å²) >= 11 is 0. The van der Waals surface area contributed by atoms with Crippen LogP contribution in [0.25, 0.3) is 0 Å². The second kappa shape index (κ2) is 12.4. The van der Waals surface area contributed by atoms with Gasteiger partial charge in [-0.3, -0.25) is 4.99 Å². The molecule has 0 spiro atoms. The molecule has 0 aliphatic heterocycles. The molecule has 0 unspecified atom stereocenters. The van der Waals surface area contributed by atoms with E-state index in [1.54, 1.807) is 14.0 Å². The van der Waals surface area contributed by atoms with Crippen LogP contribution in [0.5, 0.6) is 5.75 Å². The molecule has 0 bridgehead atoms. The van der Waals surface area contributed by atoms with Gasteiger partial charge in [0.25, 0.3) is 0 Å². The highest BCUT2D eigenvalue weighted by Crippen LogP contribution is 2.25. The molecule has 0 saturated carbocycles. The van der Waals surface area contributed by atoms with Crippen molar-refractivity contribution in [1.29, 1.82) is 0 Å². The predicted octanol–water partition coefficient (Wildman–Crippen LogP) is 4.56. The number of benzene rings is 1. The van der Waals surface area contributed by atoms with Crippen LogP contribution in [0.2, 0.25) is 0 Å². The molecule has 3 N–H and O–H groups in total. The third-order valence-corrected chi connectivity index (χ3v) is 3.28. The number of hydrogen-bond acceptors (Lipinski definition) is 2. The number of alkyl halides is 3. The van der Waals surface area contributed by atoms with Gasteiger partial charge in [0.1, 0.15) is 5.75 Å². The van der Waals surface area contributed by atoms with Crippen LogP contribution in [0, 0.1) is 6.92 Å².